The molecule has 5 rings (SSSR count). The molecule has 3 aromatic heterocycles. The monoisotopic (exact) mass is 448 g/mol. The summed E-state index contributed by atoms with van der Waals surface area (Å²) in [6.07, 6.45) is 4.01. The number of hydrogen-bond acceptors (Lipinski definition) is 6. The third-order valence-corrected chi connectivity index (χ3v) is 6.60. The fourth-order valence-corrected chi connectivity index (χ4v) is 4.40. The second-order valence-electron chi connectivity index (χ2n) is 9.08. The quantitative estimate of drug-likeness (QED) is 0.459. The molecule has 2 atom stereocenters. The van der Waals surface area contributed by atoms with E-state index in [0.717, 1.165) is 37.4 Å². The van der Waals surface area contributed by atoms with Gasteiger partial charge in [-0.25, -0.2) is 14.4 Å². The van der Waals surface area contributed by atoms with Gasteiger partial charge < -0.3 is 15.3 Å². The zero-order valence-electron chi connectivity index (χ0n) is 19.2. The molecule has 4 heterocycles. The van der Waals surface area contributed by atoms with Crippen LogP contribution in [-0.4, -0.2) is 50.5 Å². The molecule has 2 N–H and O–H groups in total. The van der Waals surface area contributed by atoms with Gasteiger partial charge in [-0.15, -0.1) is 0 Å². The number of aryl methyl sites for hydroxylation is 1. The number of fused-ring (bicyclic) bond motifs is 2. The van der Waals surface area contributed by atoms with Gasteiger partial charge in [-0.05, 0) is 49.2 Å². The first-order valence-corrected chi connectivity index (χ1v) is 11.5. The van der Waals surface area contributed by atoms with E-state index in [1.165, 1.54) is 11.1 Å². The van der Waals surface area contributed by atoms with Gasteiger partial charge in [0, 0.05) is 43.3 Å². The first-order chi connectivity index (χ1) is 15.9. The van der Waals surface area contributed by atoms with Gasteiger partial charge >= 0.3 is 0 Å². The van der Waals surface area contributed by atoms with Crippen LogP contribution in [0.25, 0.3) is 33.2 Å². The van der Waals surface area contributed by atoms with Gasteiger partial charge in [0.05, 0.1) is 16.7 Å². The van der Waals surface area contributed by atoms with E-state index in [9.17, 15) is 9.50 Å². The maximum Gasteiger partial charge on any atom is 0.193 e. The lowest BCUT2D eigenvalue weighted by atomic mass is 10.1. The maximum absolute atomic E-state index is 14.7. The van der Waals surface area contributed by atoms with Crippen LogP contribution in [0.2, 0.25) is 0 Å². The van der Waals surface area contributed by atoms with Gasteiger partial charge in [0.25, 0.3) is 0 Å². The van der Waals surface area contributed by atoms with Gasteiger partial charge in [-0.3, -0.25) is 4.68 Å². The van der Waals surface area contributed by atoms with Gasteiger partial charge in [0.15, 0.2) is 11.6 Å². The minimum atomic E-state index is -0.732. The predicted molar refractivity (Wildman–Crippen MR) is 129 cm³/mol. The highest BCUT2D eigenvalue weighted by molar-refractivity contribution is 5.89. The summed E-state index contributed by atoms with van der Waals surface area (Å²) in [7, 11) is 1.72. The molecule has 0 radical (unpaired) electrons. The molecule has 172 valence electrons. The van der Waals surface area contributed by atoms with Crippen molar-refractivity contribution in [3.05, 3.63) is 42.3 Å². The van der Waals surface area contributed by atoms with E-state index < -0.39 is 11.6 Å². The highest BCUT2D eigenvalue weighted by Crippen LogP contribution is 2.36. The molecule has 0 aliphatic carbocycles. The molecule has 7 nitrogen and oxygen atoms in total. The molecule has 1 aromatic carbocycles. The van der Waals surface area contributed by atoms with Gasteiger partial charge in [0.2, 0.25) is 0 Å². The van der Waals surface area contributed by atoms with Crippen molar-refractivity contribution in [3.8, 4) is 17.0 Å². The Kier molecular flexibility index (Phi) is 5.62. The Morgan fingerprint density at radius 2 is 2.00 bits per heavy atom. The highest BCUT2D eigenvalue weighted by Gasteiger charge is 2.24. The van der Waals surface area contributed by atoms with Crippen LogP contribution in [0.5, 0.6) is 5.75 Å². The number of nitrogens with one attached hydrogen (secondary N) is 1. The molecule has 1 fully saturated rings. The summed E-state index contributed by atoms with van der Waals surface area (Å²) < 4.78 is 16.2. The van der Waals surface area contributed by atoms with Crippen LogP contribution in [-0.2, 0) is 7.05 Å². The van der Waals surface area contributed by atoms with Gasteiger partial charge in [0.1, 0.15) is 11.3 Å². The number of phenolic OH excluding ortho intramolecular Hbond substituents is 1. The van der Waals surface area contributed by atoms with Crippen LogP contribution in [0.15, 0.2) is 36.5 Å². The SMILES string of the molecule is CCC(C)CN[C@@H]1CCN(c2ccc3nc(-c4cc5cn(C)nc5c(F)c4O)ccc3n2)C1. The third kappa shape index (κ3) is 4.11. The smallest absolute Gasteiger partial charge is 0.193 e. The standard InChI is InChI=1S/C25H29FN6O/c1-4-15(2)12-27-17-9-10-32(14-17)22-8-7-20-21(29-22)6-5-19(28-20)18-11-16-13-31(3)30-24(16)23(26)25(18)33/h5-8,11,13,15,17,27,33H,4,9-10,12,14H2,1-3H3/t15?,17-/m1/s1. The third-order valence-electron chi connectivity index (χ3n) is 6.60. The largest absolute Gasteiger partial charge is 0.504 e. The van der Waals surface area contributed by atoms with Crippen LogP contribution in [0, 0.1) is 11.7 Å². The topological polar surface area (TPSA) is 79.1 Å². The predicted octanol–water partition coefficient (Wildman–Crippen LogP) is 4.24. The Hall–Kier alpha value is -3.26. The molecule has 0 amide bonds. The Morgan fingerprint density at radius 1 is 1.21 bits per heavy atom. The normalized spacial score (nSPS) is 17.3. The summed E-state index contributed by atoms with van der Waals surface area (Å²) in [5.74, 6) is 0.454. The van der Waals surface area contributed by atoms with Crippen molar-refractivity contribution in [2.75, 3.05) is 24.5 Å². The summed E-state index contributed by atoms with van der Waals surface area (Å²) in [5, 5.41) is 18.8. The number of phenols is 1. The first-order valence-electron chi connectivity index (χ1n) is 11.5. The maximum atomic E-state index is 14.7. The lowest BCUT2D eigenvalue weighted by molar-refractivity contribution is 0.437. The number of hydrogen-bond donors (Lipinski definition) is 2. The van der Waals surface area contributed by atoms with Crippen molar-refractivity contribution in [1.29, 1.82) is 0 Å². The average molecular weight is 449 g/mol. The fourth-order valence-electron chi connectivity index (χ4n) is 4.40. The van der Waals surface area contributed by atoms with Gasteiger partial charge in [-0.1, -0.05) is 20.3 Å². The lowest BCUT2D eigenvalue weighted by Gasteiger charge is -2.19. The fraction of sp³-hybridized carbons (Fsp3) is 0.400. The van der Waals surface area contributed by atoms with E-state index in [1.807, 2.05) is 18.2 Å². The average Bonchev–Trinajstić information content (AvgIpc) is 3.45. The molecule has 0 spiro atoms. The number of benzene rings is 1. The molecule has 0 saturated carbocycles. The molecule has 1 unspecified atom stereocenters. The Labute approximate surface area is 192 Å². The van der Waals surface area contributed by atoms with E-state index in [-0.39, 0.29) is 5.52 Å². The summed E-state index contributed by atoms with van der Waals surface area (Å²) in [4.78, 5) is 11.8. The minimum absolute atomic E-state index is 0.147. The van der Waals surface area contributed by atoms with Crippen molar-refractivity contribution in [2.45, 2.75) is 32.7 Å². The molecular weight excluding hydrogens is 419 g/mol. The first kappa shape index (κ1) is 21.6. The number of pyridine rings is 2. The summed E-state index contributed by atoms with van der Waals surface area (Å²) in [6.45, 7) is 7.46. The minimum Gasteiger partial charge on any atom is -0.504 e. The van der Waals surface area contributed by atoms with E-state index in [4.69, 9.17) is 4.98 Å². The zero-order valence-corrected chi connectivity index (χ0v) is 19.2. The number of aromatic nitrogens is 4. The summed E-state index contributed by atoms with van der Waals surface area (Å²) in [5.41, 5.74) is 2.46. The van der Waals surface area contributed by atoms with Crippen molar-refractivity contribution >= 4 is 27.8 Å². The van der Waals surface area contributed by atoms with Crippen LogP contribution in [0.4, 0.5) is 10.2 Å². The van der Waals surface area contributed by atoms with Crippen molar-refractivity contribution in [3.63, 3.8) is 0 Å². The van der Waals surface area contributed by atoms with E-state index in [1.54, 1.807) is 25.4 Å². The molecule has 1 aliphatic heterocycles. The molecule has 8 heteroatoms. The van der Waals surface area contributed by atoms with E-state index >= 15 is 0 Å². The second-order valence-corrected chi connectivity index (χ2v) is 9.08. The van der Waals surface area contributed by atoms with Crippen LogP contribution < -0.4 is 10.2 Å². The zero-order chi connectivity index (χ0) is 23.1. The Balaban J connectivity index is 1.39. The van der Waals surface area contributed by atoms with Crippen molar-refractivity contribution in [1.82, 2.24) is 25.1 Å². The molecule has 1 aliphatic rings. The van der Waals surface area contributed by atoms with Crippen LogP contribution >= 0.6 is 0 Å². The molecule has 33 heavy (non-hydrogen) atoms. The molecular formula is C25H29FN6O. The summed E-state index contributed by atoms with van der Waals surface area (Å²) in [6, 6.07) is 9.78. The van der Waals surface area contributed by atoms with Gasteiger partial charge in [-0.2, -0.15) is 5.10 Å². The number of aromatic hydroxyl groups is 1. The molecule has 1 saturated heterocycles. The Morgan fingerprint density at radius 3 is 2.82 bits per heavy atom. The second kappa shape index (κ2) is 8.59. The number of anilines is 1. The van der Waals surface area contributed by atoms with E-state index in [2.05, 4.69) is 34.1 Å². The van der Waals surface area contributed by atoms with Crippen molar-refractivity contribution < 1.29 is 9.50 Å². The van der Waals surface area contributed by atoms with E-state index in [0.29, 0.717) is 34.1 Å². The Bertz CT molecular complexity index is 1320. The highest BCUT2D eigenvalue weighted by atomic mass is 19.1. The van der Waals surface area contributed by atoms with Crippen LogP contribution in [0.3, 0.4) is 0 Å². The summed E-state index contributed by atoms with van der Waals surface area (Å²) >= 11 is 0. The number of halogens is 1. The van der Waals surface area contributed by atoms with Crippen molar-refractivity contribution in [2.24, 2.45) is 13.0 Å². The lowest BCUT2D eigenvalue weighted by Crippen LogP contribution is -2.35. The molecule has 4 aromatic rings. The number of nitrogens with zero attached hydrogens (tertiary/aromatic N) is 5. The number of rotatable bonds is 6. The molecule has 0 bridgehead atoms. The van der Waals surface area contributed by atoms with Crippen LogP contribution in [0.1, 0.15) is 26.7 Å².